The minimum atomic E-state index is -4.70. The van der Waals surface area contributed by atoms with E-state index in [9.17, 15) is 22.8 Å². The number of aliphatic carboxylic acids is 1. The highest BCUT2D eigenvalue weighted by molar-refractivity contribution is 5.72. The smallest absolute Gasteiger partial charge is 0.392 e. The van der Waals surface area contributed by atoms with Crippen molar-refractivity contribution >= 4 is 11.9 Å². The van der Waals surface area contributed by atoms with Gasteiger partial charge in [0.2, 0.25) is 0 Å². The van der Waals surface area contributed by atoms with Crippen molar-refractivity contribution in [2.75, 3.05) is 6.61 Å². The zero-order valence-electron chi connectivity index (χ0n) is 8.00. The van der Waals surface area contributed by atoms with Gasteiger partial charge in [-0.3, -0.25) is 9.59 Å². The number of carboxylic acids is 1. The Morgan fingerprint density at radius 2 is 1.87 bits per heavy atom. The molecule has 1 unspecified atom stereocenters. The van der Waals surface area contributed by atoms with Crippen LogP contribution in [0.3, 0.4) is 0 Å². The van der Waals surface area contributed by atoms with Gasteiger partial charge in [-0.15, -0.1) is 0 Å². The summed E-state index contributed by atoms with van der Waals surface area (Å²) in [4.78, 5) is 20.9. The summed E-state index contributed by atoms with van der Waals surface area (Å²) < 4.78 is 40.9. The number of carbonyl (C=O) groups is 2. The maximum Gasteiger partial charge on any atom is 0.392 e. The maximum atomic E-state index is 12.2. The molecule has 1 N–H and O–H groups in total. The van der Waals surface area contributed by atoms with Gasteiger partial charge in [-0.05, 0) is 6.92 Å². The van der Waals surface area contributed by atoms with Crippen molar-refractivity contribution in [1.29, 1.82) is 0 Å². The van der Waals surface area contributed by atoms with Gasteiger partial charge >= 0.3 is 18.1 Å². The Morgan fingerprint density at radius 1 is 1.33 bits per heavy atom. The van der Waals surface area contributed by atoms with Crippen molar-refractivity contribution in [2.45, 2.75) is 25.9 Å². The quantitative estimate of drug-likeness (QED) is 0.726. The largest absolute Gasteiger partial charge is 0.481 e. The van der Waals surface area contributed by atoms with Gasteiger partial charge in [-0.25, -0.2) is 0 Å². The van der Waals surface area contributed by atoms with Crippen LogP contribution in [-0.4, -0.2) is 29.8 Å². The Labute approximate surface area is 84.0 Å². The monoisotopic (exact) mass is 228 g/mol. The minimum Gasteiger partial charge on any atom is -0.481 e. The van der Waals surface area contributed by atoms with E-state index in [2.05, 4.69) is 4.74 Å². The predicted molar refractivity (Wildman–Crippen MR) is 43.0 cm³/mol. The predicted octanol–water partition coefficient (Wildman–Crippen LogP) is 1.59. The van der Waals surface area contributed by atoms with E-state index in [-0.39, 0.29) is 6.61 Å². The summed E-state index contributed by atoms with van der Waals surface area (Å²) >= 11 is 0. The van der Waals surface area contributed by atoms with Gasteiger partial charge in [-0.1, -0.05) is 0 Å². The zero-order chi connectivity index (χ0) is 12.1. The van der Waals surface area contributed by atoms with Crippen molar-refractivity contribution in [2.24, 2.45) is 5.92 Å². The number of ether oxygens (including phenoxy) is 1. The third kappa shape index (κ3) is 5.92. The fourth-order valence-electron chi connectivity index (χ4n) is 0.936. The number of carbonyl (C=O) groups excluding carboxylic acids is 1. The number of hydrogen-bond acceptors (Lipinski definition) is 3. The van der Waals surface area contributed by atoms with Crippen LogP contribution in [0.1, 0.15) is 19.8 Å². The summed E-state index contributed by atoms with van der Waals surface area (Å²) in [5.41, 5.74) is 0. The first-order valence-electron chi connectivity index (χ1n) is 4.21. The van der Waals surface area contributed by atoms with Crippen LogP contribution in [0.2, 0.25) is 0 Å². The first-order chi connectivity index (χ1) is 6.77. The molecule has 0 fully saturated rings. The van der Waals surface area contributed by atoms with Gasteiger partial charge < -0.3 is 9.84 Å². The highest BCUT2D eigenvalue weighted by Crippen LogP contribution is 2.31. The molecule has 0 radical (unpaired) electrons. The lowest BCUT2D eigenvalue weighted by molar-refractivity contribution is -0.190. The van der Waals surface area contributed by atoms with E-state index in [1.54, 1.807) is 0 Å². The van der Waals surface area contributed by atoms with E-state index >= 15 is 0 Å². The van der Waals surface area contributed by atoms with Crippen LogP contribution in [0.4, 0.5) is 13.2 Å². The molecule has 15 heavy (non-hydrogen) atoms. The van der Waals surface area contributed by atoms with Crippen molar-refractivity contribution in [3.8, 4) is 0 Å². The summed E-state index contributed by atoms with van der Waals surface area (Å²) in [6.07, 6.45) is -6.78. The summed E-state index contributed by atoms with van der Waals surface area (Å²) in [7, 11) is 0. The summed E-state index contributed by atoms with van der Waals surface area (Å²) in [5.74, 6) is -4.82. The van der Waals surface area contributed by atoms with Crippen LogP contribution < -0.4 is 0 Å². The Kier molecular flexibility index (Phi) is 5.10. The van der Waals surface area contributed by atoms with Gasteiger partial charge in [0.1, 0.15) is 0 Å². The van der Waals surface area contributed by atoms with Gasteiger partial charge in [0.05, 0.1) is 25.4 Å². The van der Waals surface area contributed by atoms with Gasteiger partial charge in [-0.2, -0.15) is 13.2 Å². The standard InChI is InChI=1S/C8H11F3O4/c1-2-15-7(14)4-5(3-6(12)13)8(9,10)11/h5H,2-4H2,1H3,(H,12,13). The Hall–Kier alpha value is -1.27. The van der Waals surface area contributed by atoms with Gasteiger partial charge in [0, 0.05) is 0 Å². The van der Waals surface area contributed by atoms with E-state index in [4.69, 9.17) is 5.11 Å². The molecule has 0 aromatic rings. The lowest BCUT2D eigenvalue weighted by Crippen LogP contribution is -2.28. The van der Waals surface area contributed by atoms with Gasteiger partial charge in [0.15, 0.2) is 0 Å². The summed E-state index contributed by atoms with van der Waals surface area (Å²) in [6.45, 7) is 1.42. The molecular formula is C8H11F3O4. The van der Waals surface area contributed by atoms with Crippen molar-refractivity contribution in [3.05, 3.63) is 0 Å². The fourth-order valence-corrected chi connectivity index (χ4v) is 0.936. The van der Waals surface area contributed by atoms with Crippen LogP contribution in [-0.2, 0) is 14.3 Å². The van der Waals surface area contributed by atoms with Crippen LogP contribution in [0.5, 0.6) is 0 Å². The van der Waals surface area contributed by atoms with E-state index in [1.165, 1.54) is 6.92 Å². The molecule has 4 nitrogen and oxygen atoms in total. The molecule has 88 valence electrons. The van der Waals surface area contributed by atoms with Gasteiger partial charge in [0.25, 0.3) is 0 Å². The maximum absolute atomic E-state index is 12.2. The van der Waals surface area contributed by atoms with Crippen LogP contribution in [0.15, 0.2) is 0 Å². The highest BCUT2D eigenvalue weighted by Gasteiger charge is 2.42. The van der Waals surface area contributed by atoms with Crippen LogP contribution >= 0.6 is 0 Å². The number of esters is 1. The van der Waals surface area contributed by atoms with Crippen molar-refractivity contribution in [1.82, 2.24) is 0 Å². The Balaban J connectivity index is 4.38. The highest BCUT2D eigenvalue weighted by atomic mass is 19.4. The molecule has 0 spiro atoms. The Morgan fingerprint density at radius 3 is 2.20 bits per heavy atom. The van der Waals surface area contributed by atoms with Crippen LogP contribution in [0, 0.1) is 5.92 Å². The molecule has 0 aliphatic carbocycles. The van der Waals surface area contributed by atoms with E-state index in [0.717, 1.165) is 0 Å². The van der Waals surface area contributed by atoms with E-state index in [1.807, 2.05) is 0 Å². The first-order valence-corrected chi connectivity index (χ1v) is 4.21. The molecule has 0 bridgehead atoms. The second kappa shape index (κ2) is 5.57. The molecule has 1 atom stereocenters. The Bertz CT molecular complexity index is 237. The molecular weight excluding hydrogens is 217 g/mol. The molecule has 0 saturated heterocycles. The lowest BCUT2D eigenvalue weighted by atomic mass is 10.0. The number of carboxylic acid groups (broad SMARTS) is 1. The second-order valence-corrected chi connectivity index (χ2v) is 2.85. The number of hydrogen-bond donors (Lipinski definition) is 1. The molecule has 0 aromatic carbocycles. The number of halogens is 3. The van der Waals surface area contributed by atoms with Crippen LogP contribution in [0.25, 0.3) is 0 Å². The zero-order valence-corrected chi connectivity index (χ0v) is 8.00. The normalized spacial score (nSPS) is 13.3. The molecule has 0 heterocycles. The molecule has 0 aliphatic heterocycles. The van der Waals surface area contributed by atoms with E-state index < -0.39 is 36.9 Å². The SMILES string of the molecule is CCOC(=O)CC(CC(=O)O)C(F)(F)F. The summed E-state index contributed by atoms with van der Waals surface area (Å²) in [5, 5.41) is 8.24. The molecule has 0 aromatic heterocycles. The molecule has 0 saturated carbocycles. The minimum absolute atomic E-state index is 0.0313. The summed E-state index contributed by atoms with van der Waals surface area (Å²) in [6, 6.07) is 0. The van der Waals surface area contributed by atoms with Crippen molar-refractivity contribution in [3.63, 3.8) is 0 Å². The molecule has 0 rings (SSSR count). The number of rotatable bonds is 5. The fraction of sp³-hybridized carbons (Fsp3) is 0.750. The molecule has 0 aliphatic rings. The third-order valence-electron chi connectivity index (χ3n) is 1.60. The topological polar surface area (TPSA) is 63.6 Å². The number of alkyl halides is 3. The molecule has 7 heteroatoms. The van der Waals surface area contributed by atoms with Crippen molar-refractivity contribution < 1.29 is 32.6 Å². The lowest BCUT2D eigenvalue weighted by Gasteiger charge is -2.17. The first kappa shape index (κ1) is 13.7. The molecule has 0 amide bonds. The van der Waals surface area contributed by atoms with E-state index in [0.29, 0.717) is 0 Å². The second-order valence-electron chi connectivity index (χ2n) is 2.85. The average Bonchev–Trinajstić information content (AvgIpc) is 2.00. The average molecular weight is 228 g/mol. The third-order valence-corrected chi connectivity index (χ3v) is 1.60.